The van der Waals surface area contributed by atoms with E-state index in [1.165, 1.54) is 25.3 Å². The number of hydrogen-bond donors (Lipinski definition) is 8. The first-order valence-corrected chi connectivity index (χ1v) is 19.7. The van der Waals surface area contributed by atoms with Crippen LogP contribution in [0.2, 0.25) is 0 Å². The van der Waals surface area contributed by atoms with Crippen LogP contribution in [0, 0.1) is 0 Å². The lowest BCUT2D eigenvalue weighted by atomic mass is 9.71. The number of hydrogen-bond acceptors (Lipinski definition) is 18. The van der Waals surface area contributed by atoms with Gasteiger partial charge in [-0.15, -0.1) is 0 Å². The summed E-state index contributed by atoms with van der Waals surface area (Å²) in [7, 11) is 1.30. The van der Waals surface area contributed by atoms with Gasteiger partial charge in [-0.05, 0) is 30.7 Å². The summed E-state index contributed by atoms with van der Waals surface area (Å²) in [5, 5.41) is 59.4. The van der Waals surface area contributed by atoms with Crippen molar-refractivity contribution in [2.75, 3.05) is 58.6 Å². The number of phenolic OH excluding ortho intramolecular Hbond substituents is 2. The normalized spacial score (nSPS) is 22.8. The second kappa shape index (κ2) is 20.0. The SMILES string of the molecule is COc1cccc2c1C(=O)c1c(O)c3c(c(O)c1C2=O)C[C@@](O)(C(=O)CNC(=O)OCc1ccc(NC(=O)OCCOCCOCCO)cc1)C[C@@H]3OC1CC(N)C(O)C(C)O1. The molecule has 20 nitrogen and oxygen atoms in total. The fourth-order valence-corrected chi connectivity index (χ4v) is 7.54. The third-order valence-electron chi connectivity index (χ3n) is 10.7. The third-order valence-corrected chi connectivity index (χ3v) is 10.7. The molecule has 0 radical (unpaired) electrons. The molecular weight excluding hydrogens is 818 g/mol. The summed E-state index contributed by atoms with van der Waals surface area (Å²) in [5.74, 6) is -4.02. The Kier molecular flexibility index (Phi) is 14.8. The Labute approximate surface area is 354 Å². The Morgan fingerprint density at radius 1 is 0.903 bits per heavy atom. The number of aromatic hydroxyl groups is 2. The van der Waals surface area contributed by atoms with Gasteiger partial charge in [0.25, 0.3) is 0 Å². The molecule has 334 valence electrons. The molecule has 6 rings (SSSR count). The number of anilines is 1. The summed E-state index contributed by atoms with van der Waals surface area (Å²) in [6, 6.07) is 9.74. The predicted octanol–water partition coefficient (Wildman–Crippen LogP) is 1.51. The molecule has 2 aliphatic carbocycles. The fraction of sp³-hybridized carbons (Fsp3) is 0.452. The van der Waals surface area contributed by atoms with E-state index in [9.17, 15) is 44.4 Å². The monoisotopic (exact) mass is 867 g/mol. The lowest BCUT2D eigenvalue weighted by Gasteiger charge is -2.42. The topological polar surface area (TPSA) is 301 Å². The number of benzene rings is 3. The Balaban J connectivity index is 1.12. The molecule has 0 saturated carbocycles. The highest BCUT2D eigenvalue weighted by Crippen LogP contribution is 2.52. The van der Waals surface area contributed by atoms with E-state index < -0.39 is 108 Å². The zero-order valence-electron chi connectivity index (χ0n) is 33.9. The van der Waals surface area contributed by atoms with Crippen LogP contribution < -0.4 is 21.1 Å². The number of methoxy groups -OCH3 is 1. The Morgan fingerprint density at radius 2 is 1.60 bits per heavy atom. The molecule has 2 amide bonds. The molecular formula is C42H49N3O17. The number of carbonyl (C=O) groups is 5. The van der Waals surface area contributed by atoms with Gasteiger partial charge in [0.1, 0.15) is 36.1 Å². The van der Waals surface area contributed by atoms with Crippen molar-refractivity contribution in [1.29, 1.82) is 0 Å². The van der Waals surface area contributed by atoms with Crippen molar-refractivity contribution in [2.45, 2.75) is 69.0 Å². The molecule has 1 heterocycles. The number of alkyl carbamates (subject to hydrolysis) is 1. The number of fused-ring (bicyclic) bond motifs is 3. The number of aliphatic hydroxyl groups is 3. The van der Waals surface area contributed by atoms with Crippen molar-refractivity contribution in [2.24, 2.45) is 5.73 Å². The predicted molar refractivity (Wildman–Crippen MR) is 213 cm³/mol. The lowest BCUT2D eigenvalue weighted by Crippen LogP contribution is -2.53. The lowest BCUT2D eigenvalue weighted by molar-refractivity contribution is -0.247. The molecule has 3 aromatic rings. The standard InChI is InChI=1S/C42H49N3O17/c1-21-35(48)26(43)16-30(61-21)62-28-18-42(55,17-25-32(28)39(52)34-33(37(25)50)36(49)24-4-3-5-27(56-2)31(24)38(34)51)29(47)19-44-40(53)60-20-22-6-8-23(9-7-22)45-41(54)59-15-14-58-13-12-57-11-10-46/h3-9,21,26,28,30,35,46,48,50,52,55H,10-20,43H2,1-2H3,(H,44,53)(H,45,54)/t21?,26?,28-,30?,35?,42-/m0/s1. The van der Waals surface area contributed by atoms with E-state index in [2.05, 4.69) is 10.6 Å². The van der Waals surface area contributed by atoms with Crippen LogP contribution in [0.25, 0.3) is 0 Å². The minimum absolute atomic E-state index is 0.00702. The second-order valence-corrected chi connectivity index (χ2v) is 14.8. The average Bonchev–Trinajstić information content (AvgIpc) is 3.25. The minimum atomic E-state index is -2.39. The summed E-state index contributed by atoms with van der Waals surface area (Å²) < 4.78 is 37.9. The van der Waals surface area contributed by atoms with E-state index in [0.29, 0.717) is 17.9 Å². The molecule has 1 fully saturated rings. The number of Topliss-reactive ketones (excluding diaryl/α,β-unsaturated/α-hetero) is 1. The third kappa shape index (κ3) is 9.98. The van der Waals surface area contributed by atoms with Crippen LogP contribution in [0.3, 0.4) is 0 Å². The molecule has 0 aromatic heterocycles. The first-order chi connectivity index (χ1) is 29.7. The number of carbonyl (C=O) groups excluding carboxylic acids is 5. The quantitative estimate of drug-likeness (QED) is 0.0551. The van der Waals surface area contributed by atoms with Crippen LogP contribution in [-0.4, -0.2) is 139 Å². The molecule has 3 aliphatic rings. The molecule has 1 aliphatic heterocycles. The number of aliphatic hydroxyl groups excluding tert-OH is 2. The van der Waals surface area contributed by atoms with Gasteiger partial charge in [0.2, 0.25) is 5.78 Å². The summed E-state index contributed by atoms with van der Waals surface area (Å²) in [6.45, 7) is 1.38. The first-order valence-electron chi connectivity index (χ1n) is 19.7. The van der Waals surface area contributed by atoms with Crippen LogP contribution in [0.1, 0.15) is 74.4 Å². The Morgan fingerprint density at radius 3 is 2.29 bits per heavy atom. The molecule has 9 N–H and O–H groups in total. The summed E-state index contributed by atoms with van der Waals surface area (Å²) in [6.07, 6.45) is -7.49. The molecule has 20 heteroatoms. The fourth-order valence-electron chi connectivity index (χ4n) is 7.54. The molecule has 62 heavy (non-hydrogen) atoms. The zero-order chi connectivity index (χ0) is 44.7. The van der Waals surface area contributed by atoms with E-state index >= 15 is 0 Å². The van der Waals surface area contributed by atoms with Gasteiger partial charge in [-0.1, -0.05) is 24.3 Å². The van der Waals surface area contributed by atoms with Crippen molar-refractivity contribution in [3.05, 3.63) is 81.4 Å². The van der Waals surface area contributed by atoms with Crippen LogP contribution in [0.4, 0.5) is 15.3 Å². The smallest absolute Gasteiger partial charge is 0.411 e. The molecule has 1 saturated heterocycles. The van der Waals surface area contributed by atoms with Crippen molar-refractivity contribution >= 4 is 35.2 Å². The van der Waals surface area contributed by atoms with Crippen molar-refractivity contribution in [1.82, 2.24) is 5.32 Å². The van der Waals surface area contributed by atoms with Crippen LogP contribution in [0.5, 0.6) is 17.2 Å². The highest BCUT2D eigenvalue weighted by Gasteiger charge is 2.50. The van der Waals surface area contributed by atoms with Gasteiger partial charge >= 0.3 is 12.2 Å². The number of nitrogens with two attached hydrogens (primary N) is 1. The van der Waals surface area contributed by atoms with Gasteiger partial charge in [0, 0.05) is 47.7 Å². The van der Waals surface area contributed by atoms with Gasteiger partial charge in [-0.25, -0.2) is 9.59 Å². The van der Waals surface area contributed by atoms with Gasteiger partial charge in [-0.3, -0.25) is 19.7 Å². The van der Waals surface area contributed by atoms with Crippen LogP contribution in [0.15, 0.2) is 42.5 Å². The number of phenols is 2. The minimum Gasteiger partial charge on any atom is -0.507 e. The Hall–Kier alpha value is -5.71. The summed E-state index contributed by atoms with van der Waals surface area (Å²) >= 11 is 0. The maximum atomic E-state index is 14.0. The number of ketones is 3. The van der Waals surface area contributed by atoms with Crippen molar-refractivity contribution in [3.8, 4) is 17.2 Å². The maximum Gasteiger partial charge on any atom is 0.411 e. The molecule has 6 atom stereocenters. The highest BCUT2D eigenvalue weighted by molar-refractivity contribution is 6.31. The number of nitrogens with one attached hydrogen (secondary N) is 2. The summed E-state index contributed by atoms with van der Waals surface area (Å²) in [5.41, 5.74) is 2.91. The molecule has 3 aromatic carbocycles. The molecule has 4 unspecified atom stereocenters. The highest BCUT2D eigenvalue weighted by atomic mass is 16.7. The van der Waals surface area contributed by atoms with Crippen molar-refractivity contribution < 1.29 is 82.7 Å². The molecule has 0 spiro atoms. The molecule has 0 bridgehead atoms. The van der Waals surface area contributed by atoms with Crippen LogP contribution in [-0.2, 0) is 46.2 Å². The van der Waals surface area contributed by atoms with Gasteiger partial charge in [0.15, 0.2) is 17.9 Å². The Bertz CT molecular complexity index is 2150. The van der Waals surface area contributed by atoms with E-state index in [-0.39, 0.29) is 74.1 Å². The number of rotatable bonds is 17. The van der Waals surface area contributed by atoms with Gasteiger partial charge in [0.05, 0.1) is 81.7 Å². The van der Waals surface area contributed by atoms with E-state index in [0.717, 1.165) is 0 Å². The van der Waals surface area contributed by atoms with Crippen LogP contribution >= 0.6 is 0 Å². The van der Waals surface area contributed by atoms with E-state index in [1.807, 2.05) is 0 Å². The number of amides is 2. The maximum absolute atomic E-state index is 14.0. The van der Waals surface area contributed by atoms with Gasteiger partial charge in [-0.2, -0.15) is 0 Å². The summed E-state index contributed by atoms with van der Waals surface area (Å²) in [4.78, 5) is 66.4. The van der Waals surface area contributed by atoms with E-state index in [1.54, 1.807) is 31.2 Å². The van der Waals surface area contributed by atoms with E-state index in [4.69, 9.17) is 44.0 Å². The average molecular weight is 868 g/mol. The second-order valence-electron chi connectivity index (χ2n) is 14.8. The van der Waals surface area contributed by atoms with Crippen molar-refractivity contribution in [3.63, 3.8) is 0 Å². The first kappa shape index (κ1) is 45.8. The largest absolute Gasteiger partial charge is 0.507 e. The number of ether oxygens (including phenoxy) is 7. The zero-order valence-corrected chi connectivity index (χ0v) is 33.9. The van der Waals surface area contributed by atoms with Gasteiger partial charge < -0.3 is 69.7 Å².